The third-order valence-electron chi connectivity index (χ3n) is 8.08. The number of fused-ring (bicyclic) bond motifs is 1. The number of hydrogen-bond acceptors (Lipinski definition) is 4. The van der Waals surface area contributed by atoms with Crippen LogP contribution in [0.3, 0.4) is 0 Å². The molecule has 0 spiro atoms. The quantitative estimate of drug-likeness (QED) is 0.318. The second-order valence-electron chi connectivity index (χ2n) is 10.8. The van der Waals surface area contributed by atoms with Gasteiger partial charge >= 0.3 is 6.36 Å². The fourth-order valence-electron chi connectivity index (χ4n) is 6.01. The number of nitrogens with two attached hydrogens (primary N) is 1. The highest BCUT2D eigenvalue weighted by atomic mass is 35.5. The summed E-state index contributed by atoms with van der Waals surface area (Å²) in [5.41, 5.74) is 9.37. The van der Waals surface area contributed by atoms with Crippen molar-refractivity contribution < 1.29 is 22.7 Å². The van der Waals surface area contributed by atoms with Crippen molar-refractivity contribution in [2.45, 2.75) is 82.7 Å². The van der Waals surface area contributed by atoms with Crippen molar-refractivity contribution in [2.24, 2.45) is 11.7 Å². The van der Waals surface area contributed by atoms with Crippen LogP contribution >= 0.6 is 12.4 Å². The number of halogens is 4. The molecule has 1 aromatic heterocycles. The van der Waals surface area contributed by atoms with Gasteiger partial charge in [-0.3, -0.25) is 9.36 Å². The Bertz CT molecular complexity index is 1260. The largest absolute Gasteiger partial charge is 0.573 e. The molecule has 5 rings (SSSR count). The van der Waals surface area contributed by atoms with Crippen molar-refractivity contribution in [1.82, 2.24) is 9.88 Å². The van der Waals surface area contributed by atoms with Crippen molar-refractivity contribution in [1.29, 1.82) is 0 Å². The number of nitrogens with zero attached hydrogens (tertiary/aromatic N) is 1. The summed E-state index contributed by atoms with van der Waals surface area (Å²) in [4.78, 5) is 13.5. The molecule has 0 amide bonds. The molecule has 9 heteroatoms. The number of alkyl halides is 3. The predicted octanol–water partition coefficient (Wildman–Crippen LogP) is 7.25. The van der Waals surface area contributed by atoms with Crippen LogP contribution in [0.5, 0.6) is 5.75 Å². The molecule has 2 aliphatic rings. The molecular weight excluding hydrogens is 527 g/mol. The van der Waals surface area contributed by atoms with Gasteiger partial charge in [-0.05, 0) is 92.4 Å². The lowest BCUT2D eigenvalue weighted by Gasteiger charge is -2.26. The summed E-state index contributed by atoms with van der Waals surface area (Å²) in [6.07, 6.45) is 7.39. The minimum Gasteiger partial charge on any atom is -0.406 e. The first-order chi connectivity index (χ1) is 18.3. The molecule has 1 heterocycles. The molecule has 212 valence electrons. The zero-order valence-electron chi connectivity index (χ0n) is 22.0. The molecule has 0 radical (unpaired) electrons. The van der Waals surface area contributed by atoms with Gasteiger partial charge < -0.3 is 15.8 Å². The number of nitrogens with one attached hydrogen (secondary N) is 1. The molecule has 3 N–H and O–H groups in total. The number of hydrogen-bond donors (Lipinski definition) is 2. The van der Waals surface area contributed by atoms with E-state index < -0.39 is 6.36 Å². The lowest BCUT2D eigenvalue weighted by atomic mass is 9.88. The molecule has 2 aliphatic carbocycles. The van der Waals surface area contributed by atoms with Gasteiger partial charge in [0.15, 0.2) is 0 Å². The van der Waals surface area contributed by atoms with Crippen LogP contribution in [0, 0.1) is 5.92 Å². The van der Waals surface area contributed by atoms with Crippen LogP contribution in [-0.2, 0) is 6.42 Å². The number of benzene rings is 2. The van der Waals surface area contributed by atoms with Crippen LogP contribution in [0.25, 0.3) is 22.0 Å². The number of aromatic nitrogens is 1. The van der Waals surface area contributed by atoms with Gasteiger partial charge in [0.25, 0.3) is 0 Å². The van der Waals surface area contributed by atoms with Crippen LogP contribution in [0.4, 0.5) is 13.2 Å². The number of carbonyl (C=O) groups excluding carboxylic acids is 1. The van der Waals surface area contributed by atoms with E-state index in [0.29, 0.717) is 17.6 Å². The smallest absolute Gasteiger partial charge is 0.406 e. The Hall–Kier alpha value is -2.55. The Balaban J connectivity index is 0.00000353. The molecule has 39 heavy (non-hydrogen) atoms. The molecule has 3 aromatic rings. The fourth-order valence-corrected chi connectivity index (χ4v) is 6.01. The normalized spacial score (nSPS) is 20.5. The standard InChI is InChI=1S/C30H36F3N3O2.ClH/c31-30(32,33)38-26-8-4-7-21(17-26)22-9-14-28-27(18-22)23(15-16-35-25-12-10-24(34)11-13-25)19-36(28)29(37)20-5-2-1-3-6-20;/h4,7-9,14,17-20,24-25,35H,1-3,5-6,10-13,15-16,34H2;1H. The van der Waals surface area contributed by atoms with E-state index in [1.807, 2.05) is 29.0 Å². The lowest BCUT2D eigenvalue weighted by molar-refractivity contribution is -0.274. The predicted molar refractivity (Wildman–Crippen MR) is 150 cm³/mol. The van der Waals surface area contributed by atoms with Crippen molar-refractivity contribution in [3.63, 3.8) is 0 Å². The number of ether oxygens (including phenoxy) is 1. The van der Waals surface area contributed by atoms with E-state index in [1.165, 1.54) is 18.6 Å². The second-order valence-corrected chi connectivity index (χ2v) is 10.8. The summed E-state index contributed by atoms with van der Waals surface area (Å²) in [5, 5.41) is 4.62. The Morgan fingerprint density at radius 3 is 2.41 bits per heavy atom. The Morgan fingerprint density at radius 2 is 1.69 bits per heavy atom. The van der Waals surface area contributed by atoms with Crippen LogP contribution in [0.2, 0.25) is 0 Å². The molecule has 5 nitrogen and oxygen atoms in total. The molecule has 0 atom stereocenters. The first-order valence-electron chi connectivity index (χ1n) is 13.8. The minimum absolute atomic E-state index is 0. The Kier molecular flexibility index (Phi) is 9.62. The lowest BCUT2D eigenvalue weighted by Crippen LogP contribution is -2.38. The molecule has 2 fully saturated rings. The molecule has 0 saturated heterocycles. The topological polar surface area (TPSA) is 69.3 Å². The van der Waals surface area contributed by atoms with Crippen molar-refractivity contribution >= 4 is 29.2 Å². The highest BCUT2D eigenvalue weighted by Gasteiger charge is 2.31. The maximum absolute atomic E-state index is 13.5. The van der Waals surface area contributed by atoms with E-state index in [9.17, 15) is 18.0 Å². The second kappa shape index (κ2) is 12.7. The van der Waals surface area contributed by atoms with E-state index >= 15 is 0 Å². The first-order valence-corrected chi connectivity index (χ1v) is 13.8. The van der Waals surface area contributed by atoms with E-state index in [4.69, 9.17) is 5.73 Å². The Labute approximate surface area is 233 Å². The van der Waals surface area contributed by atoms with Crippen LogP contribution in [0.1, 0.15) is 68.1 Å². The minimum atomic E-state index is -4.75. The molecule has 0 aliphatic heterocycles. The fraction of sp³-hybridized carbons (Fsp3) is 0.500. The van der Waals surface area contributed by atoms with Crippen molar-refractivity contribution in [3.05, 3.63) is 54.2 Å². The van der Waals surface area contributed by atoms with Gasteiger partial charge in [-0.25, -0.2) is 0 Å². The molecule has 2 aromatic carbocycles. The summed E-state index contributed by atoms with van der Waals surface area (Å²) in [5.74, 6) is -0.0760. The summed E-state index contributed by atoms with van der Waals surface area (Å²) < 4.78 is 44.3. The zero-order chi connectivity index (χ0) is 26.7. The first kappa shape index (κ1) is 29.4. The number of carbonyl (C=O) groups is 1. The van der Waals surface area contributed by atoms with E-state index in [0.717, 1.165) is 86.4 Å². The van der Waals surface area contributed by atoms with Crippen LogP contribution < -0.4 is 15.8 Å². The maximum Gasteiger partial charge on any atom is 0.573 e. The third kappa shape index (κ3) is 7.35. The number of rotatable bonds is 7. The van der Waals surface area contributed by atoms with Gasteiger partial charge in [0.2, 0.25) is 5.91 Å². The van der Waals surface area contributed by atoms with Gasteiger partial charge in [-0.2, -0.15) is 0 Å². The highest BCUT2D eigenvalue weighted by molar-refractivity contribution is 5.97. The van der Waals surface area contributed by atoms with Gasteiger partial charge in [-0.1, -0.05) is 37.5 Å². The van der Waals surface area contributed by atoms with Crippen molar-refractivity contribution in [3.8, 4) is 16.9 Å². The van der Waals surface area contributed by atoms with Gasteiger partial charge in [0.05, 0.1) is 5.52 Å². The Morgan fingerprint density at radius 1 is 0.974 bits per heavy atom. The SMILES string of the molecule is Cl.NC1CCC(NCCc2cn(C(=O)C3CCCCC3)c3ccc(-c4cccc(OC(F)(F)F)c4)cc23)CC1. The van der Waals surface area contributed by atoms with Crippen molar-refractivity contribution in [2.75, 3.05) is 6.54 Å². The van der Waals surface area contributed by atoms with Gasteiger partial charge in [0, 0.05) is 29.6 Å². The summed E-state index contributed by atoms with van der Waals surface area (Å²) in [7, 11) is 0. The molecule has 0 unspecified atom stereocenters. The summed E-state index contributed by atoms with van der Waals surface area (Å²) >= 11 is 0. The zero-order valence-corrected chi connectivity index (χ0v) is 22.8. The van der Waals surface area contributed by atoms with Crippen LogP contribution in [0.15, 0.2) is 48.7 Å². The molecule has 2 saturated carbocycles. The van der Waals surface area contributed by atoms with E-state index in [2.05, 4.69) is 10.1 Å². The molecule has 0 bridgehead atoms. The average Bonchev–Trinajstić information content (AvgIpc) is 3.27. The van der Waals surface area contributed by atoms with Crippen LogP contribution in [-0.4, -0.2) is 35.5 Å². The summed E-state index contributed by atoms with van der Waals surface area (Å²) in [6.45, 7) is 0.787. The van der Waals surface area contributed by atoms with Gasteiger partial charge in [0.1, 0.15) is 5.75 Å². The summed E-state index contributed by atoms with van der Waals surface area (Å²) in [6, 6.07) is 12.5. The highest BCUT2D eigenvalue weighted by Crippen LogP contribution is 2.33. The maximum atomic E-state index is 13.5. The van der Waals surface area contributed by atoms with E-state index in [-0.39, 0.29) is 30.0 Å². The molecular formula is C30H37ClF3N3O2. The average molecular weight is 564 g/mol. The monoisotopic (exact) mass is 563 g/mol. The van der Waals surface area contributed by atoms with Gasteiger partial charge in [-0.15, -0.1) is 25.6 Å². The van der Waals surface area contributed by atoms with E-state index in [1.54, 1.807) is 12.1 Å². The third-order valence-corrected chi connectivity index (χ3v) is 8.08.